The van der Waals surface area contributed by atoms with E-state index in [2.05, 4.69) is 0 Å². The van der Waals surface area contributed by atoms with Gasteiger partial charge in [-0.3, -0.25) is 0 Å². The second-order valence-corrected chi connectivity index (χ2v) is 2.65. The molecule has 1 atom stereocenters. The van der Waals surface area contributed by atoms with Gasteiger partial charge in [-0.25, -0.2) is 0 Å². The second kappa shape index (κ2) is 3.77. The summed E-state index contributed by atoms with van der Waals surface area (Å²) >= 11 is 0. The highest BCUT2D eigenvalue weighted by Crippen LogP contribution is 2.17. The summed E-state index contributed by atoms with van der Waals surface area (Å²) in [4.78, 5) is 0. The summed E-state index contributed by atoms with van der Waals surface area (Å²) in [5, 5.41) is 8.51. The number of nitriles is 1. The Morgan fingerprint density at radius 2 is 2.08 bits per heavy atom. The SMILES string of the molecule is Cc1ccccc1OC(C)C#N. The smallest absolute Gasteiger partial charge is 0.181 e. The van der Waals surface area contributed by atoms with E-state index in [-0.39, 0.29) is 6.10 Å². The lowest BCUT2D eigenvalue weighted by Crippen LogP contribution is -2.08. The molecule has 1 rings (SSSR count). The summed E-state index contributed by atoms with van der Waals surface area (Å²) in [5.74, 6) is 0.784. The average molecular weight is 161 g/mol. The van der Waals surface area contributed by atoms with Crippen LogP contribution in [0.2, 0.25) is 0 Å². The van der Waals surface area contributed by atoms with Crippen LogP contribution in [0.3, 0.4) is 0 Å². The van der Waals surface area contributed by atoms with Gasteiger partial charge in [0.2, 0.25) is 0 Å². The molecule has 0 saturated heterocycles. The molecule has 2 nitrogen and oxygen atoms in total. The van der Waals surface area contributed by atoms with Crippen molar-refractivity contribution in [1.82, 2.24) is 0 Å². The van der Waals surface area contributed by atoms with Crippen LogP contribution in [0.15, 0.2) is 24.3 Å². The Labute approximate surface area is 72.4 Å². The Bertz CT molecular complexity index is 301. The van der Waals surface area contributed by atoms with Gasteiger partial charge in [-0.05, 0) is 25.5 Å². The predicted octanol–water partition coefficient (Wildman–Crippen LogP) is 2.29. The zero-order valence-electron chi connectivity index (χ0n) is 7.24. The molecule has 0 N–H and O–H groups in total. The zero-order valence-corrected chi connectivity index (χ0v) is 7.24. The van der Waals surface area contributed by atoms with Crippen LogP contribution in [0.1, 0.15) is 12.5 Å². The van der Waals surface area contributed by atoms with E-state index in [1.807, 2.05) is 37.3 Å². The van der Waals surface area contributed by atoms with E-state index in [1.165, 1.54) is 0 Å². The Hall–Kier alpha value is -1.49. The number of aryl methyl sites for hydroxylation is 1. The molecule has 12 heavy (non-hydrogen) atoms. The predicted molar refractivity (Wildman–Crippen MR) is 46.9 cm³/mol. The maximum absolute atomic E-state index is 8.51. The van der Waals surface area contributed by atoms with Crippen molar-refractivity contribution in [2.75, 3.05) is 0 Å². The standard InChI is InChI=1S/C10H11NO/c1-8-5-3-4-6-10(8)12-9(2)7-11/h3-6,9H,1-2H3. The molecule has 0 aliphatic carbocycles. The average Bonchev–Trinajstić information content (AvgIpc) is 2.09. The quantitative estimate of drug-likeness (QED) is 0.666. The minimum atomic E-state index is -0.383. The van der Waals surface area contributed by atoms with Gasteiger partial charge >= 0.3 is 0 Å². The van der Waals surface area contributed by atoms with E-state index in [9.17, 15) is 0 Å². The van der Waals surface area contributed by atoms with Crippen molar-refractivity contribution in [3.63, 3.8) is 0 Å². The Morgan fingerprint density at radius 1 is 1.42 bits per heavy atom. The zero-order chi connectivity index (χ0) is 8.97. The number of benzene rings is 1. The van der Waals surface area contributed by atoms with Crippen LogP contribution in [-0.2, 0) is 0 Å². The molecule has 0 aliphatic heterocycles. The van der Waals surface area contributed by atoms with E-state index in [0.717, 1.165) is 11.3 Å². The first-order valence-electron chi connectivity index (χ1n) is 3.86. The second-order valence-electron chi connectivity index (χ2n) is 2.65. The molecule has 0 aliphatic rings. The van der Waals surface area contributed by atoms with Crippen molar-refractivity contribution in [1.29, 1.82) is 5.26 Å². The number of hydrogen-bond acceptors (Lipinski definition) is 2. The minimum absolute atomic E-state index is 0.383. The van der Waals surface area contributed by atoms with Gasteiger partial charge in [0, 0.05) is 0 Å². The summed E-state index contributed by atoms with van der Waals surface area (Å²) in [6.45, 7) is 3.69. The van der Waals surface area contributed by atoms with Gasteiger partial charge < -0.3 is 4.74 Å². The fourth-order valence-electron chi connectivity index (χ4n) is 0.905. The van der Waals surface area contributed by atoms with Gasteiger partial charge in [0.15, 0.2) is 6.10 Å². The molecule has 0 heterocycles. The van der Waals surface area contributed by atoms with Gasteiger partial charge in [-0.2, -0.15) is 5.26 Å². The molecule has 0 aromatic heterocycles. The molecule has 1 aromatic rings. The van der Waals surface area contributed by atoms with Gasteiger partial charge in [-0.1, -0.05) is 18.2 Å². The Morgan fingerprint density at radius 3 is 2.67 bits per heavy atom. The summed E-state index contributed by atoms with van der Waals surface area (Å²) in [5.41, 5.74) is 1.06. The fraction of sp³-hybridized carbons (Fsp3) is 0.300. The third-order valence-electron chi connectivity index (χ3n) is 1.58. The van der Waals surface area contributed by atoms with Gasteiger partial charge in [0.05, 0.1) is 0 Å². The lowest BCUT2D eigenvalue weighted by Gasteiger charge is -2.09. The molecule has 62 valence electrons. The maximum atomic E-state index is 8.51. The lowest BCUT2D eigenvalue weighted by atomic mass is 10.2. The van der Waals surface area contributed by atoms with Gasteiger partial charge in [0.25, 0.3) is 0 Å². The van der Waals surface area contributed by atoms with Crippen molar-refractivity contribution < 1.29 is 4.74 Å². The molecule has 1 unspecified atom stereocenters. The van der Waals surface area contributed by atoms with Crippen molar-refractivity contribution in [2.45, 2.75) is 20.0 Å². The topological polar surface area (TPSA) is 33.0 Å². The highest BCUT2D eigenvalue weighted by Gasteiger charge is 2.02. The normalized spacial score (nSPS) is 11.8. The highest BCUT2D eigenvalue weighted by molar-refractivity contribution is 5.32. The number of rotatable bonds is 2. The summed E-state index contributed by atoms with van der Waals surface area (Å²) in [6.07, 6.45) is -0.383. The molecule has 0 saturated carbocycles. The fourth-order valence-corrected chi connectivity index (χ4v) is 0.905. The first kappa shape index (κ1) is 8.61. The van der Waals surface area contributed by atoms with E-state index in [4.69, 9.17) is 10.00 Å². The summed E-state index contributed by atoms with van der Waals surface area (Å²) in [6, 6.07) is 9.68. The van der Waals surface area contributed by atoms with Crippen LogP contribution in [-0.4, -0.2) is 6.10 Å². The van der Waals surface area contributed by atoms with Crippen LogP contribution in [0.5, 0.6) is 5.75 Å². The molecule has 0 fully saturated rings. The largest absolute Gasteiger partial charge is 0.476 e. The van der Waals surface area contributed by atoms with E-state index in [1.54, 1.807) is 6.92 Å². The third kappa shape index (κ3) is 2.00. The first-order valence-corrected chi connectivity index (χ1v) is 3.86. The van der Waals surface area contributed by atoms with E-state index in [0.29, 0.717) is 0 Å². The number of para-hydroxylation sites is 1. The molecule has 2 heteroatoms. The van der Waals surface area contributed by atoms with Crippen LogP contribution in [0.25, 0.3) is 0 Å². The van der Waals surface area contributed by atoms with Crippen LogP contribution < -0.4 is 4.74 Å². The third-order valence-corrected chi connectivity index (χ3v) is 1.58. The summed E-state index contributed by atoms with van der Waals surface area (Å²) in [7, 11) is 0. The van der Waals surface area contributed by atoms with Crippen LogP contribution in [0, 0.1) is 18.3 Å². The minimum Gasteiger partial charge on any atom is -0.476 e. The molecule has 0 spiro atoms. The highest BCUT2D eigenvalue weighted by atomic mass is 16.5. The van der Waals surface area contributed by atoms with Gasteiger partial charge in [-0.15, -0.1) is 0 Å². The van der Waals surface area contributed by atoms with Crippen LogP contribution in [0.4, 0.5) is 0 Å². The van der Waals surface area contributed by atoms with E-state index < -0.39 is 0 Å². The Balaban J connectivity index is 2.77. The molecule has 1 aromatic carbocycles. The molecular weight excluding hydrogens is 150 g/mol. The molecular formula is C10H11NO. The van der Waals surface area contributed by atoms with E-state index >= 15 is 0 Å². The molecule has 0 bridgehead atoms. The van der Waals surface area contributed by atoms with Crippen molar-refractivity contribution in [2.24, 2.45) is 0 Å². The van der Waals surface area contributed by atoms with Crippen molar-refractivity contribution >= 4 is 0 Å². The summed E-state index contributed by atoms with van der Waals surface area (Å²) < 4.78 is 5.33. The van der Waals surface area contributed by atoms with Crippen LogP contribution >= 0.6 is 0 Å². The maximum Gasteiger partial charge on any atom is 0.181 e. The number of ether oxygens (including phenoxy) is 1. The molecule has 0 radical (unpaired) electrons. The van der Waals surface area contributed by atoms with Crippen molar-refractivity contribution in [3.8, 4) is 11.8 Å². The monoisotopic (exact) mass is 161 g/mol. The number of nitrogens with zero attached hydrogens (tertiary/aromatic N) is 1. The number of hydrogen-bond donors (Lipinski definition) is 0. The Kier molecular flexibility index (Phi) is 2.71. The lowest BCUT2D eigenvalue weighted by molar-refractivity contribution is 0.274. The van der Waals surface area contributed by atoms with Crippen molar-refractivity contribution in [3.05, 3.63) is 29.8 Å². The van der Waals surface area contributed by atoms with Gasteiger partial charge in [0.1, 0.15) is 11.8 Å². The first-order chi connectivity index (χ1) is 5.74. The molecule has 0 amide bonds.